The fraction of sp³-hybridized carbons (Fsp3) is 0.154. The average Bonchev–Trinajstić information content (AvgIpc) is 3.54. The number of nitrogens with zero attached hydrogens (tertiary/aromatic N) is 6. The maximum absolute atomic E-state index is 16.1. The predicted octanol–water partition coefficient (Wildman–Crippen LogP) is 5.37. The van der Waals surface area contributed by atoms with Gasteiger partial charge in [-0.3, -0.25) is 4.98 Å². The van der Waals surface area contributed by atoms with Gasteiger partial charge in [0.1, 0.15) is 11.5 Å². The predicted molar refractivity (Wildman–Crippen MR) is 143 cm³/mol. The summed E-state index contributed by atoms with van der Waals surface area (Å²) < 4.78 is 17.7. The number of allylic oxidation sites excluding steroid dienone is 2. The fourth-order valence-electron chi connectivity index (χ4n) is 4.29. The summed E-state index contributed by atoms with van der Waals surface area (Å²) in [6.07, 6.45) is 10.7. The van der Waals surface area contributed by atoms with Crippen molar-refractivity contribution in [3.05, 3.63) is 76.4 Å². The number of hydrogen-bond acceptors (Lipinski definition) is 7. The van der Waals surface area contributed by atoms with Gasteiger partial charge in [-0.15, -0.1) is 11.3 Å². The van der Waals surface area contributed by atoms with E-state index in [1.165, 1.54) is 11.1 Å². The Balaban J connectivity index is 1.51. The Labute approximate surface area is 210 Å². The Hall–Kier alpha value is -4.31. The summed E-state index contributed by atoms with van der Waals surface area (Å²) in [6.45, 7) is 2.08. The van der Waals surface area contributed by atoms with E-state index in [1.807, 2.05) is 43.4 Å². The third-order valence-corrected chi connectivity index (χ3v) is 7.16. The Morgan fingerprint density at radius 2 is 2.00 bits per heavy atom. The van der Waals surface area contributed by atoms with E-state index in [9.17, 15) is 0 Å². The smallest absolute Gasteiger partial charge is 0.161 e. The molecule has 0 aromatic carbocycles. The zero-order chi connectivity index (χ0) is 25.0. The normalized spacial score (nSPS) is 12.9. The number of aryl methyl sites for hydroxylation is 2. The number of H-pyrrole nitrogens is 1. The van der Waals surface area contributed by atoms with E-state index in [0.717, 1.165) is 21.8 Å². The fourth-order valence-corrected chi connectivity index (χ4v) is 5.19. The summed E-state index contributed by atoms with van der Waals surface area (Å²) in [5.74, 6) is 0.706. The standard InChI is InChI=1S/C26H23FN8S/c1-14-7-8-19(36-14)17-6-5-9-29-24-22(17)31-25(32-24)23-20-21(27)18(13-30-26(20)35(4)33-23)15-10-16(34(2)3)12-28-11-15/h5-13,29H,1-4H3,(H,31,32). The molecule has 0 amide bonds. The molecule has 5 aromatic heterocycles. The minimum Gasteiger partial charge on any atom is -0.376 e. The van der Waals surface area contributed by atoms with Gasteiger partial charge in [-0.1, -0.05) is 0 Å². The van der Waals surface area contributed by atoms with Gasteiger partial charge < -0.3 is 15.2 Å². The summed E-state index contributed by atoms with van der Waals surface area (Å²) in [5, 5.41) is 8.13. The molecule has 6 rings (SSSR count). The maximum Gasteiger partial charge on any atom is 0.161 e. The largest absolute Gasteiger partial charge is 0.376 e. The van der Waals surface area contributed by atoms with Gasteiger partial charge in [0.25, 0.3) is 0 Å². The van der Waals surface area contributed by atoms with Crippen LogP contribution >= 0.6 is 11.3 Å². The third-order valence-electron chi connectivity index (χ3n) is 6.12. The first-order chi connectivity index (χ1) is 17.4. The topological polar surface area (TPSA) is 87.6 Å². The molecular weight excluding hydrogens is 475 g/mol. The number of imidazole rings is 1. The number of halogens is 1. The second-order valence-electron chi connectivity index (χ2n) is 8.79. The minimum absolute atomic E-state index is 0.308. The van der Waals surface area contributed by atoms with Crippen molar-refractivity contribution in [2.45, 2.75) is 6.92 Å². The Kier molecular flexibility index (Phi) is 5.18. The van der Waals surface area contributed by atoms with E-state index < -0.39 is 5.82 Å². The van der Waals surface area contributed by atoms with Crippen LogP contribution in [0, 0.1) is 12.7 Å². The zero-order valence-corrected chi connectivity index (χ0v) is 21.0. The van der Waals surface area contributed by atoms with Crippen LogP contribution in [0.4, 0.5) is 15.9 Å². The highest BCUT2D eigenvalue weighted by Gasteiger charge is 2.25. The number of rotatable bonds is 4. The number of hydrogen-bond donors (Lipinski definition) is 2. The first kappa shape index (κ1) is 22.2. The van der Waals surface area contributed by atoms with Crippen LogP contribution < -0.4 is 10.2 Å². The molecule has 0 unspecified atom stereocenters. The molecule has 0 saturated carbocycles. The van der Waals surface area contributed by atoms with Crippen LogP contribution in [-0.4, -0.2) is 43.8 Å². The molecule has 0 radical (unpaired) electrons. The molecule has 0 aliphatic carbocycles. The summed E-state index contributed by atoms with van der Waals surface area (Å²) in [4.78, 5) is 21.3. The number of aromatic amines is 1. The van der Waals surface area contributed by atoms with Crippen molar-refractivity contribution in [1.29, 1.82) is 0 Å². The summed E-state index contributed by atoms with van der Waals surface area (Å²) in [6, 6.07) is 6.08. The lowest BCUT2D eigenvalue weighted by Gasteiger charge is -2.13. The molecule has 0 spiro atoms. The number of anilines is 2. The molecule has 5 aromatic rings. The summed E-state index contributed by atoms with van der Waals surface area (Å²) in [7, 11) is 5.59. The van der Waals surface area contributed by atoms with Crippen molar-refractivity contribution < 1.29 is 4.39 Å². The highest BCUT2D eigenvalue weighted by atomic mass is 32.1. The summed E-state index contributed by atoms with van der Waals surface area (Å²) >= 11 is 1.71. The van der Waals surface area contributed by atoms with Crippen molar-refractivity contribution in [3.63, 3.8) is 0 Å². The molecule has 36 heavy (non-hydrogen) atoms. The van der Waals surface area contributed by atoms with Gasteiger partial charge in [-0.05, 0) is 37.3 Å². The minimum atomic E-state index is -0.412. The molecular formula is C26H23FN8S. The molecule has 8 nitrogen and oxygen atoms in total. The number of thiophene rings is 1. The number of fused-ring (bicyclic) bond motifs is 2. The van der Waals surface area contributed by atoms with Crippen LogP contribution in [0.25, 0.3) is 39.3 Å². The second kappa shape index (κ2) is 8.42. The monoisotopic (exact) mass is 498 g/mol. The quantitative estimate of drug-likeness (QED) is 0.347. The number of nitrogens with one attached hydrogen (secondary N) is 2. The lowest BCUT2D eigenvalue weighted by molar-refractivity contribution is 0.642. The SMILES string of the molecule is Cc1ccc(C2=CC=CNc3nc(-c4nn(C)c5ncc(-c6cncc(N(C)C)c6)c(F)c45)[nH]c32)s1. The van der Waals surface area contributed by atoms with Crippen molar-refractivity contribution >= 4 is 39.4 Å². The van der Waals surface area contributed by atoms with Gasteiger partial charge in [0.05, 0.1) is 23.0 Å². The molecule has 180 valence electrons. The van der Waals surface area contributed by atoms with Crippen molar-refractivity contribution in [3.8, 4) is 22.6 Å². The molecule has 1 aliphatic heterocycles. The van der Waals surface area contributed by atoms with Crippen LogP contribution in [0.1, 0.15) is 15.4 Å². The highest BCUT2D eigenvalue weighted by molar-refractivity contribution is 7.13. The van der Waals surface area contributed by atoms with E-state index in [0.29, 0.717) is 39.5 Å². The molecule has 0 saturated heterocycles. The van der Waals surface area contributed by atoms with Crippen LogP contribution in [-0.2, 0) is 7.05 Å². The first-order valence-corrected chi connectivity index (χ1v) is 12.2. The number of aromatic nitrogens is 6. The van der Waals surface area contributed by atoms with Crippen LogP contribution in [0.2, 0.25) is 0 Å². The van der Waals surface area contributed by atoms with Crippen molar-refractivity contribution in [2.75, 3.05) is 24.3 Å². The summed E-state index contributed by atoms with van der Waals surface area (Å²) in [5.41, 5.74) is 4.54. The van der Waals surface area contributed by atoms with Crippen LogP contribution in [0.5, 0.6) is 0 Å². The Morgan fingerprint density at radius 1 is 1.14 bits per heavy atom. The van der Waals surface area contributed by atoms with E-state index in [1.54, 1.807) is 35.5 Å². The van der Waals surface area contributed by atoms with E-state index in [2.05, 4.69) is 44.4 Å². The zero-order valence-electron chi connectivity index (χ0n) is 20.2. The lowest BCUT2D eigenvalue weighted by Crippen LogP contribution is -2.08. The number of pyridine rings is 2. The Bertz CT molecular complexity index is 1690. The third kappa shape index (κ3) is 3.57. The molecule has 2 N–H and O–H groups in total. The van der Waals surface area contributed by atoms with Crippen LogP contribution in [0.3, 0.4) is 0 Å². The van der Waals surface area contributed by atoms with Gasteiger partial charge >= 0.3 is 0 Å². The first-order valence-electron chi connectivity index (χ1n) is 11.4. The average molecular weight is 499 g/mol. The molecule has 1 aliphatic rings. The van der Waals surface area contributed by atoms with E-state index in [-0.39, 0.29) is 0 Å². The van der Waals surface area contributed by atoms with Crippen molar-refractivity contribution in [2.24, 2.45) is 7.05 Å². The molecule has 0 atom stereocenters. The van der Waals surface area contributed by atoms with Gasteiger partial charge in [0.2, 0.25) is 0 Å². The van der Waals surface area contributed by atoms with E-state index >= 15 is 4.39 Å². The van der Waals surface area contributed by atoms with Crippen molar-refractivity contribution in [1.82, 2.24) is 29.7 Å². The molecule has 0 bridgehead atoms. The highest BCUT2D eigenvalue weighted by Crippen LogP contribution is 2.38. The van der Waals surface area contributed by atoms with Gasteiger partial charge in [-0.2, -0.15) is 5.10 Å². The van der Waals surface area contributed by atoms with Crippen LogP contribution in [0.15, 0.2) is 55.1 Å². The molecule has 10 heteroatoms. The molecule has 0 fully saturated rings. The van der Waals surface area contributed by atoms with Gasteiger partial charge in [0.15, 0.2) is 17.3 Å². The van der Waals surface area contributed by atoms with Gasteiger partial charge in [0, 0.05) is 66.2 Å². The lowest BCUT2D eigenvalue weighted by atomic mass is 10.1. The maximum atomic E-state index is 16.1. The second-order valence-corrected chi connectivity index (χ2v) is 10.1. The molecule has 6 heterocycles. The van der Waals surface area contributed by atoms with Gasteiger partial charge in [-0.25, -0.2) is 19.0 Å². The Morgan fingerprint density at radius 3 is 2.78 bits per heavy atom. The van der Waals surface area contributed by atoms with E-state index in [4.69, 9.17) is 4.98 Å².